The first-order valence-electron chi connectivity index (χ1n) is 9.71. The van der Waals surface area contributed by atoms with E-state index in [0.717, 1.165) is 16.9 Å². The number of aryl methyl sites for hydroxylation is 1. The molecule has 1 saturated heterocycles. The van der Waals surface area contributed by atoms with Crippen molar-refractivity contribution in [2.75, 3.05) is 21.3 Å². The number of amides is 1. The molecule has 29 heavy (non-hydrogen) atoms. The lowest BCUT2D eigenvalue weighted by Crippen LogP contribution is -2.46. The normalized spacial score (nSPS) is 20.9. The van der Waals surface area contributed by atoms with Crippen LogP contribution in [-0.4, -0.2) is 39.4 Å². The SMILES string of the molecule is COc1ccc(CCC(=O)NC2NNC(C)C2c2ccc(OC)c(OC)c2)cc1. The molecule has 7 heteroatoms. The predicted molar refractivity (Wildman–Crippen MR) is 111 cm³/mol. The number of carbonyl (C=O) groups excluding carboxylic acids is 1. The van der Waals surface area contributed by atoms with Gasteiger partial charge in [0.2, 0.25) is 5.91 Å². The lowest BCUT2D eigenvalue weighted by atomic mass is 9.91. The van der Waals surface area contributed by atoms with Crippen LogP contribution in [0.15, 0.2) is 42.5 Å². The molecule has 0 spiro atoms. The second-order valence-corrected chi connectivity index (χ2v) is 7.11. The third-order valence-electron chi connectivity index (χ3n) is 5.27. The van der Waals surface area contributed by atoms with E-state index in [4.69, 9.17) is 14.2 Å². The van der Waals surface area contributed by atoms with E-state index in [9.17, 15) is 4.79 Å². The number of hydrogen-bond donors (Lipinski definition) is 3. The number of hydrazine groups is 1. The van der Waals surface area contributed by atoms with Crippen molar-refractivity contribution in [2.24, 2.45) is 0 Å². The first kappa shape index (κ1) is 21.0. The lowest BCUT2D eigenvalue weighted by molar-refractivity contribution is -0.122. The van der Waals surface area contributed by atoms with Gasteiger partial charge in [0, 0.05) is 18.4 Å². The fourth-order valence-electron chi connectivity index (χ4n) is 3.65. The fraction of sp³-hybridized carbons (Fsp3) is 0.409. The van der Waals surface area contributed by atoms with Gasteiger partial charge in [0.1, 0.15) is 11.9 Å². The molecular weight excluding hydrogens is 370 g/mol. The van der Waals surface area contributed by atoms with E-state index < -0.39 is 0 Å². The molecule has 0 bridgehead atoms. The quantitative estimate of drug-likeness (QED) is 0.632. The summed E-state index contributed by atoms with van der Waals surface area (Å²) in [4.78, 5) is 12.6. The number of hydrogen-bond acceptors (Lipinski definition) is 6. The van der Waals surface area contributed by atoms with Crippen LogP contribution in [0.25, 0.3) is 0 Å². The highest BCUT2D eigenvalue weighted by Crippen LogP contribution is 2.34. The maximum Gasteiger partial charge on any atom is 0.221 e. The summed E-state index contributed by atoms with van der Waals surface area (Å²) in [5.74, 6) is 2.22. The highest BCUT2D eigenvalue weighted by molar-refractivity contribution is 5.76. The zero-order valence-electron chi connectivity index (χ0n) is 17.3. The van der Waals surface area contributed by atoms with Gasteiger partial charge >= 0.3 is 0 Å². The lowest BCUT2D eigenvalue weighted by Gasteiger charge is -2.23. The van der Waals surface area contributed by atoms with E-state index in [-0.39, 0.29) is 24.0 Å². The predicted octanol–water partition coefficient (Wildman–Crippen LogP) is 2.37. The smallest absolute Gasteiger partial charge is 0.221 e. The third-order valence-corrected chi connectivity index (χ3v) is 5.27. The van der Waals surface area contributed by atoms with Crippen LogP contribution >= 0.6 is 0 Å². The molecule has 156 valence electrons. The van der Waals surface area contributed by atoms with E-state index in [0.29, 0.717) is 24.3 Å². The van der Waals surface area contributed by atoms with Crippen LogP contribution in [0.2, 0.25) is 0 Å². The van der Waals surface area contributed by atoms with Gasteiger partial charge in [-0.05, 0) is 48.7 Å². The molecule has 3 rings (SSSR count). The van der Waals surface area contributed by atoms with Crippen LogP contribution in [0.4, 0.5) is 0 Å². The maximum absolute atomic E-state index is 12.6. The van der Waals surface area contributed by atoms with Crippen LogP contribution in [0.5, 0.6) is 17.2 Å². The van der Waals surface area contributed by atoms with E-state index in [2.05, 4.69) is 23.1 Å². The summed E-state index contributed by atoms with van der Waals surface area (Å²) in [6, 6.07) is 13.8. The van der Waals surface area contributed by atoms with Crippen molar-refractivity contribution in [3.05, 3.63) is 53.6 Å². The Morgan fingerprint density at radius 2 is 1.69 bits per heavy atom. The Kier molecular flexibility index (Phi) is 6.95. The average molecular weight is 399 g/mol. The molecule has 0 radical (unpaired) electrons. The Hall–Kier alpha value is -2.77. The van der Waals surface area contributed by atoms with Gasteiger partial charge in [0.05, 0.1) is 21.3 Å². The summed E-state index contributed by atoms with van der Waals surface area (Å²) in [5, 5.41) is 3.11. The third kappa shape index (κ3) is 4.99. The number of ether oxygens (including phenoxy) is 3. The first-order chi connectivity index (χ1) is 14.0. The van der Waals surface area contributed by atoms with Gasteiger partial charge in [-0.25, -0.2) is 5.43 Å². The number of carbonyl (C=O) groups is 1. The molecule has 1 heterocycles. The molecule has 3 N–H and O–H groups in total. The minimum atomic E-state index is -0.216. The molecule has 2 aromatic carbocycles. The van der Waals surface area contributed by atoms with Crippen LogP contribution in [0.1, 0.15) is 30.4 Å². The van der Waals surface area contributed by atoms with Crippen molar-refractivity contribution < 1.29 is 19.0 Å². The Balaban J connectivity index is 1.63. The van der Waals surface area contributed by atoms with E-state index in [1.165, 1.54) is 0 Å². The summed E-state index contributed by atoms with van der Waals surface area (Å²) in [7, 11) is 4.88. The molecule has 3 atom stereocenters. The van der Waals surface area contributed by atoms with Crippen molar-refractivity contribution in [3.63, 3.8) is 0 Å². The maximum atomic E-state index is 12.6. The second-order valence-electron chi connectivity index (χ2n) is 7.11. The minimum absolute atomic E-state index is 0.000283. The van der Waals surface area contributed by atoms with Crippen molar-refractivity contribution in [1.82, 2.24) is 16.2 Å². The minimum Gasteiger partial charge on any atom is -0.497 e. The van der Waals surface area contributed by atoms with Crippen LogP contribution in [0, 0.1) is 0 Å². The van der Waals surface area contributed by atoms with E-state index >= 15 is 0 Å². The molecule has 1 aliphatic rings. The van der Waals surface area contributed by atoms with Crippen molar-refractivity contribution >= 4 is 5.91 Å². The highest BCUT2D eigenvalue weighted by Gasteiger charge is 2.35. The van der Waals surface area contributed by atoms with E-state index in [1.54, 1.807) is 21.3 Å². The van der Waals surface area contributed by atoms with Gasteiger partial charge < -0.3 is 19.5 Å². The first-order valence-corrected chi connectivity index (χ1v) is 9.71. The van der Waals surface area contributed by atoms with Crippen molar-refractivity contribution in [1.29, 1.82) is 0 Å². The summed E-state index contributed by atoms with van der Waals surface area (Å²) in [6.07, 6.45) is 0.871. The monoisotopic (exact) mass is 399 g/mol. The molecule has 0 aromatic heterocycles. The topological polar surface area (TPSA) is 80.9 Å². The molecule has 0 saturated carbocycles. The Bertz CT molecular complexity index is 825. The zero-order valence-corrected chi connectivity index (χ0v) is 17.3. The van der Waals surface area contributed by atoms with Gasteiger partial charge in [-0.1, -0.05) is 18.2 Å². The molecule has 1 fully saturated rings. The van der Waals surface area contributed by atoms with Crippen LogP contribution in [0.3, 0.4) is 0 Å². The summed E-state index contributed by atoms with van der Waals surface area (Å²) in [6.45, 7) is 2.08. The Morgan fingerprint density at radius 3 is 2.34 bits per heavy atom. The van der Waals surface area contributed by atoms with Crippen LogP contribution in [-0.2, 0) is 11.2 Å². The van der Waals surface area contributed by atoms with Gasteiger partial charge in [0.15, 0.2) is 11.5 Å². The van der Waals surface area contributed by atoms with E-state index in [1.807, 2.05) is 42.5 Å². The standard InChI is InChI=1S/C22H29N3O4/c1-14-21(16-8-11-18(28-3)19(13-16)29-4)22(25-24-14)23-20(26)12-7-15-5-9-17(27-2)10-6-15/h5-6,8-11,13-14,21-22,24-25H,7,12H2,1-4H3,(H,23,26). The highest BCUT2D eigenvalue weighted by atomic mass is 16.5. The number of methoxy groups -OCH3 is 3. The molecular formula is C22H29N3O4. The summed E-state index contributed by atoms with van der Waals surface area (Å²) >= 11 is 0. The summed E-state index contributed by atoms with van der Waals surface area (Å²) < 4.78 is 15.9. The second kappa shape index (κ2) is 9.62. The summed E-state index contributed by atoms with van der Waals surface area (Å²) in [5.41, 5.74) is 8.58. The Labute approximate surface area is 171 Å². The molecule has 2 aromatic rings. The Morgan fingerprint density at radius 1 is 0.966 bits per heavy atom. The molecule has 0 aliphatic carbocycles. The van der Waals surface area contributed by atoms with Crippen LogP contribution < -0.4 is 30.4 Å². The fourth-order valence-corrected chi connectivity index (χ4v) is 3.65. The molecule has 1 aliphatic heterocycles. The largest absolute Gasteiger partial charge is 0.497 e. The number of nitrogens with one attached hydrogen (secondary N) is 3. The number of benzene rings is 2. The van der Waals surface area contributed by atoms with Gasteiger partial charge in [0.25, 0.3) is 0 Å². The van der Waals surface area contributed by atoms with Crippen molar-refractivity contribution in [3.8, 4) is 17.2 Å². The average Bonchev–Trinajstić information content (AvgIpc) is 3.11. The van der Waals surface area contributed by atoms with Crippen molar-refractivity contribution in [2.45, 2.75) is 37.9 Å². The van der Waals surface area contributed by atoms with Gasteiger partial charge in [-0.15, -0.1) is 0 Å². The zero-order chi connectivity index (χ0) is 20.8. The molecule has 1 amide bonds. The van der Waals surface area contributed by atoms with Gasteiger partial charge in [-0.2, -0.15) is 0 Å². The molecule has 7 nitrogen and oxygen atoms in total. The number of rotatable bonds is 8. The van der Waals surface area contributed by atoms with Gasteiger partial charge in [-0.3, -0.25) is 10.2 Å². The molecule has 3 unspecified atom stereocenters.